The van der Waals surface area contributed by atoms with E-state index in [-0.39, 0.29) is 30.1 Å². The number of carbonyl (C=O) groups excluding carboxylic acids is 2. The van der Waals surface area contributed by atoms with Crippen LogP contribution in [-0.4, -0.2) is 54.3 Å². The highest BCUT2D eigenvalue weighted by molar-refractivity contribution is 5.94. The van der Waals surface area contributed by atoms with Crippen molar-refractivity contribution >= 4 is 24.2 Å². The summed E-state index contributed by atoms with van der Waals surface area (Å²) in [4.78, 5) is 28.0. The summed E-state index contributed by atoms with van der Waals surface area (Å²) in [5, 5.41) is 0. The molecule has 2 amide bonds. The fourth-order valence-electron chi connectivity index (χ4n) is 2.56. The van der Waals surface area contributed by atoms with Crippen LogP contribution in [0.25, 0.3) is 0 Å². The Labute approximate surface area is 142 Å². The van der Waals surface area contributed by atoms with Crippen molar-refractivity contribution in [3.63, 3.8) is 0 Å². The third-order valence-electron chi connectivity index (χ3n) is 3.94. The Balaban J connectivity index is 0.00000264. The first kappa shape index (κ1) is 19.4. The van der Waals surface area contributed by atoms with Crippen LogP contribution in [0.15, 0.2) is 24.3 Å². The fraction of sp³-hybridized carbons (Fsp3) is 0.500. The predicted molar refractivity (Wildman–Crippen MR) is 89.0 cm³/mol. The molecule has 0 spiro atoms. The summed E-state index contributed by atoms with van der Waals surface area (Å²) in [6.07, 6.45) is 0.712. The normalized spacial score (nSPS) is 16.3. The lowest BCUT2D eigenvalue weighted by Gasteiger charge is -2.24. The molecule has 1 saturated heterocycles. The molecule has 1 aromatic carbocycles. The maximum atomic E-state index is 13.2. The minimum Gasteiger partial charge on any atom is -0.341 e. The van der Waals surface area contributed by atoms with Crippen molar-refractivity contribution in [1.82, 2.24) is 9.80 Å². The average Bonchev–Trinajstić information content (AvgIpc) is 2.78. The van der Waals surface area contributed by atoms with Crippen molar-refractivity contribution in [3.8, 4) is 0 Å². The highest BCUT2D eigenvalue weighted by Crippen LogP contribution is 2.12. The van der Waals surface area contributed by atoms with E-state index >= 15 is 0 Å². The zero-order valence-electron chi connectivity index (χ0n) is 13.2. The van der Waals surface area contributed by atoms with E-state index in [1.807, 2.05) is 6.92 Å². The molecule has 1 aliphatic rings. The Hall–Kier alpha value is -1.66. The molecule has 0 bridgehead atoms. The van der Waals surface area contributed by atoms with Gasteiger partial charge in [-0.1, -0.05) is 13.0 Å². The monoisotopic (exact) mass is 343 g/mol. The Morgan fingerprint density at radius 2 is 1.87 bits per heavy atom. The molecule has 2 N–H and O–H groups in total. The van der Waals surface area contributed by atoms with Crippen molar-refractivity contribution < 1.29 is 14.0 Å². The molecule has 5 nitrogen and oxygen atoms in total. The van der Waals surface area contributed by atoms with Gasteiger partial charge in [-0.2, -0.15) is 0 Å². The van der Waals surface area contributed by atoms with Gasteiger partial charge in [0, 0.05) is 44.2 Å². The molecule has 0 radical (unpaired) electrons. The molecule has 1 aromatic rings. The van der Waals surface area contributed by atoms with Crippen LogP contribution in [0.5, 0.6) is 0 Å². The molecule has 128 valence electrons. The second kappa shape index (κ2) is 8.84. The standard InChI is InChI=1S/C16H22FN3O2.ClH/c1-12(11-18)15(21)19-6-3-7-20(9-8-19)16(22)13-4-2-5-14(17)10-13;/h2,4-5,10,12H,3,6-9,11,18H2,1H3;1H. The summed E-state index contributed by atoms with van der Waals surface area (Å²) >= 11 is 0. The lowest BCUT2D eigenvalue weighted by atomic mass is 10.1. The first-order chi connectivity index (χ1) is 10.5. The van der Waals surface area contributed by atoms with Crippen molar-refractivity contribution in [1.29, 1.82) is 0 Å². The van der Waals surface area contributed by atoms with Gasteiger partial charge in [-0.15, -0.1) is 12.4 Å². The van der Waals surface area contributed by atoms with Crippen LogP contribution in [0.2, 0.25) is 0 Å². The van der Waals surface area contributed by atoms with Crippen molar-refractivity contribution in [2.24, 2.45) is 11.7 Å². The van der Waals surface area contributed by atoms with Crippen molar-refractivity contribution in [2.45, 2.75) is 13.3 Å². The number of hydrogen-bond donors (Lipinski definition) is 1. The van der Waals surface area contributed by atoms with Gasteiger partial charge in [0.2, 0.25) is 5.91 Å². The Bertz CT molecular complexity index is 556. The number of amides is 2. The number of carbonyl (C=O) groups is 2. The Morgan fingerprint density at radius 3 is 2.52 bits per heavy atom. The van der Waals surface area contributed by atoms with Crippen LogP contribution in [0, 0.1) is 11.7 Å². The molecule has 1 fully saturated rings. The summed E-state index contributed by atoms with van der Waals surface area (Å²) in [6, 6.07) is 5.69. The van der Waals surface area contributed by atoms with Gasteiger partial charge in [0.15, 0.2) is 0 Å². The van der Waals surface area contributed by atoms with Crippen LogP contribution < -0.4 is 5.73 Å². The first-order valence-electron chi connectivity index (χ1n) is 7.56. The van der Waals surface area contributed by atoms with E-state index in [1.54, 1.807) is 15.9 Å². The number of nitrogens with two attached hydrogens (primary N) is 1. The second-order valence-corrected chi connectivity index (χ2v) is 5.62. The molecule has 0 aliphatic carbocycles. The summed E-state index contributed by atoms with van der Waals surface area (Å²) in [6.45, 7) is 4.26. The van der Waals surface area contributed by atoms with E-state index in [0.717, 1.165) is 0 Å². The summed E-state index contributed by atoms with van der Waals surface area (Å²) in [5.41, 5.74) is 5.88. The van der Waals surface area contributed by atoms with Crippen LogP contribution in [0.3, 0.4) is 0 Å². The highest BCUT2D eigenvalue weighted by Gasteiger charge is 2.25. The maximum Gasteiger partial charge on any atom is 0.254 e. The summed E-state index contributed by atoms with van der Waals surface area (Å²) < 4.78 is 13.2. The van der Waals surface area contributed by atoms with Gasteiger partial charge < -0.3 is 15.5 Å². The van der Waals surface area contributed by atoms with Crippen molar-refractivity contribution in [2.75, 3.05) is 32.7 Å². The minimum atomic E-state index is -0.422. The third kappa shape index (κ3) is 4.91. The quantitative estimate of drug-likeness (QED) is 0.904. The van der Waals surface area contributed by atoms with Gasteiger partial charge in [-0.05, 0) is 24.6 Å². The third-order valence-corrected chi connectivity index (χ3v) is 3.94. The van der Waals surface area contributed by atoms with E-state index in [0.29, 0.717) is 44.7 Å². The smallest absolute Gasteiger partial charge is 0.254 e. The van der Waals surface area contributed by atoms with E-state index < -0.39 is 5.82 Å². The lowest BCUT2D eigenvalue weighted by molar-refractivity contribution is -0.134. The molecule has 1 aliphatic heterocycles. The van der Waals surface area contributed by atoms with Gasteiger partial charge in [0.05, 0.1) is 0 Å². The number of hydrogen-bond acceptors (Lipinski definition) is 3. The van der Waals surface area contributed by atoms with Gasteiger partial charge in [0.25, 0.3) is 5.91 Å². The first-order valence-corrected chi connectivity index (χ1v) is 7.56. The number of rotatable bonds is 3. The average molecular weight is 344 g/mol. The zero-order valence-corrected chi connectivity index (χ0v) is 14.0. The molecule has 23 heavy (non-hydrogen) atoms. The Morgan fingerprint density at radius 1 is 1.22 bits per heavy atom. The number of benzene rings is 1. The van der Waals surface area contributed by atoms with E-state index in [9.17, 15) is 14.0 Å². The van der Waals surface area contributed by atoms with Crippen LogP contribution in [0.4, 0.5) is 4.39 Å². The molecule has 1 unspecified atom stereocenters. The fourth-order valence-corrected chi connectivity index (χ4v) is 2.56. The molecule has 7 heteroatoms. The van der Waals surface area contributed by atoms with Crippen LogP contribution >= 0.6 is 12.4 Å². The second-order valence-electron chi connectivity index (χ2n) is 5.62. The Kier molecular flexibility index (Phi) is 7.45. The molecule has 2 rings (SSSR count). The highest BCUT2D eigenvalue weighted by atomic mass is 35.5. The SMILES string of the molecule is CC(CN)C(=O)N1CCCN(C(=O)c2cccc(F)c2)CC1.Cl. The molecular formula is C16H23ClFN3O2. The van der Waals surface area contributed by atoms with Crippen LogP contribution in [-0.2, 0) is 4.79 Å². The maximum absolute atomic E-state index is 13.2. The molecule has 1 heterocycles. The lowest BCUT2D eigenvalue weighted by Crippen LogP contribution is -2.41. The van der Waals surface area contributed by atoms with Gasteiger partial charge >= 0.3 is 0 Å². The molecule has 0 aromatic heterocycles. The van der Waals surface area contributed by atoms with E-state index in [2.05, 4.69) is 0 Å². The van der Waals surface area contributed by atoms with E-state index in [4.69, 9.17) is 5.73 Å². The minimum absolute atomic E-state index is 0. The van der Waals surface area contributed by atoms with Gasteiger partial charge in [-0.3, -0.25) is 9.59 Å². The molecule has 1 atom stereocenters. The topological polar surface area (TPSA) is 66.6 Å². The molecular weight excluding hydrogens is 321 g/mol. The zero-order chi connectivity index (χ0) is 16.1. The van der Waals surface area contributed by atoms with Gasteiger partial charge in [0.1, 0.15) is 5.82 Å². The number of nitrogens with zero attached hydrogens (tertiary/aromatic N) is 2. The number of halogens is 2. The largest absolute Gasteiger partial charge is 0.341 e. The predicted octanol–water partition coefficient (Wildman–Crippen LogP) is 1.52. The summed E-state index contributed by atoms with van der Waals surface area (Å²) in [5.74, 6) is -0.789. The van der Waals surface area contributed by atoms with E-state index in [1.165, 1.54) is 18.2 Å². The summed E-state index contributed by atoms with van der Waals surface area (Å²) in [7, 11) is 0. The molecule has 0 saturated carbocycles. The van der Waals surface area contributed by atoms with Crippen LogP contribution in [0.1, 0.15) is 23.7 Å². The van der Waals surface area contributed by atoms with Gasteiger partial charge in [-0.25, -0.2) is 4.39 Å². The van der Waals surface area contributed by atoms with Crippen molar-refractivity contribution in [3.05, 3.63) is 35.6 Å².